The third kappa shape index (κ3) is 4.44. The van der Waals surface area contributed by atoms with Crippen molar-refractivity contribution in [2.24, 2.45) is 5.84 Å². The first-order valence-corrected chi connectivity index (χ1v) is 3.77. The molecule has 3 N–H and O–H groups in total. The van der Waals surface area contributed by atoms with Gasteiger partial charge in [0.25, 0.3) is 0 Å². The second-order valence-electron chi connectivity index (χ2n) is 2.33. The quantitative estimate of drug-likeness (QED) is 0.351. The molecule has 64 valence electrons. The molecule has 11 heavy (non-hydrogen) atoms. The van der Waals surface area contributed by atoms with Gasteiger partial charge in [-0.15, -0.1) is 0 Å². The van der Waals surface area contributed by atoms with Gasteiger partial charge in [-0.3, -0.25) is 5.01 Å². The normalized spacial score (nSPS) is 11.0. The van der Waals surface area contributed by atoms with Gasteiger partial charge in [0.1, 0.15) is 5.82 Å². The molecule has 0 bridgehead atoms. The average molecular weight is 155 g/mol. The van der Waals surface area contributed by atoms with Crippen LogP contribution in [0.1, 0.15) is 13.3 Å². The van der Waals surface area contributed by atoms with E-state index in [1.54, 1.807) is 13.1 Å². The number of rotatable bonds is 5. The van der Waals surface area contributed by atoms with Gasteiger partial charge in [-0.25, -0.2) is 5.84 Å². The lowest BCUT2D eigenvalue weighted by atomic mass is 10.4. The highest BCUT2D eigenvalue weighted by Crippen LogP contribution is 1.90. The van der Waals surface area contributed by atoms with Crippen LogP contribution in [0.15, 0.2) is 24.6 Å². The predicted molar refractivity (Wildman–Crippen MR) is 48.5 cm³/mol. The third-order valence-corrected chi connectivity index (χ3v) is 1.21. The fourth-order valence-corrected chi connectivity index (χ4v) is 0.666. The number of nitrogens with one attached hydrogen (secondary N) is 1. The SMILES string of the molecule is C=C/C=C(/NCCC)N(C)N. The second-order valence-corrected chi connectivity index (χ2v) is 2.33. The van der Waals surface area contributed by atoms with Crippen LogP contribution in [0.3, 0.4) is 0 Å². The maximum absolute atomic E-state index is 5.52. The van der Waals surface area contributed by atoms with E-state index in [-0.39, 0.29) is 0 Å². The largest absolute Gasteiger partial charge is 0.371 e. The highest BCUT2D eigenvalue weighted by molar-refractivity contribution is 5.06. The molecule has 0 radical (unpaired) electrons. The van der Waals surface area contributed by atoms with Crippen LogP contribution in [0.25, 0.3) is 0 Å². The maximum atomic E-state index is 5.52. The Hall–Kier alpha value is -0.960. The molecule has 0 atom stereocenters. The first kappa shape index (κ1) is 10.0. The molecule has 0 fully saturated rings. The van der Waals surface area contributed by atoms with Crippen LogP contribution in [-0.4, -0.2) is 18.6 Å². The molecule has 0 saturated carbocycles. The van der Waals surface area contributed by atoms with E-state index in [0.717, 1.165) is 18.8 Å². The first-order chi connectivity index (χ1) is 5.22. The average Bonchev–Trinajstić information content (AvgIpc) is 1.97. The summed E-state index contributed by atoms with van der Waals surface area (Å²) in [5, 5.41) is 4.70. The molecule has 0 spiro atoms. The van der Waals surface area contributed by atoms with Crippen molar-refractivity contribution in [2.45, 2.75) is 13.3 Å². The molecule has 0 aliphatic rings. The predicted octanol–water partition coefficient (Wildman–Crippen LogP) is 0.819. The standard InChI is InChI=1S/C8H17N3/c1-4-6-8(11(3)9)10-7-5-2/h4,6,10H,1,5,7,9H2,2-3H3/b8-6-. The van der Waals surface area contributed by atoms with Crippen molar-refractivity contribution in [3.05, 3.63) is 24.6 Å². The zero-order chi connectivity index (χ0) is 8.69. The monoisotopic (exact) mass is 155 g/mol. The Morgan fingerprint density at radius 2 is 2.36 bits per heavy atom. The fourth-order valence-electron chi connectivity index (χ4n) is 0.666. The van der Waals surface area contributed by atoms with Gasteiger partial charge in [0.05, 0.1) is 0 Å². The zero-order valence-electron chi connectivity index (χ0n) is 7.30. The van der Waals surface area contributed by atoms with Crippen LogP contribution in [0.2, 0.25) is 0 Å². The summed E-state index contributed by atoms with van der Waals surface area (Å²) in [5.74, 6) is 6.41. The number of nitrogens with two attached hydrogens (primary N) is 1. The van der Waals surface area contributed by atoms with Crippen molar-refractivity contribution in [2.75, 3.05) is 13.6 Å². The van der Waals surface area contributed by atoms with Crippen molar-refractivity contribution in [1.82, 2.24) is 10.3 Å². The van der Waals surface area contributed by atoms with Gasteiger partial charge >= 0.3 is 0 Å². The van der Waals surface area contributed by atoms with Gasteiger partial charge in [0.2, 0.25) is 0 Å². The van der Waals surface area contributed by atoms with Crippen LogP contribution in [0, 0.1) is 0 Å². The van der Waals surface area contributed by atoms with E-state index in [0.29, 0.717) is 0 Å². The molecule has 0 aromatic heterocycles. The van der Waals surface area contributed by atoms with Gasteiger partial charge in [-0.1, -0.05) is 19.6 Å². The van der Waals surface area contributed by atoms with Gasteiger partial charge in [0, 0.05) is 13.6 Å². The van der Waals surface area contributed by atoms with E-state index in [1.807, 2.05) is 6.08 Å². The number of hydrogen-bond acceptors (Lipinski definition) is 3. The minimum absolute atomic E-state index is 0.891. The van der Waals surface area contributed by atoms with Crippen molar-refractivity contribution < 1.29 is 0 Å². The highest BCUT2D eigenvalue weighted by Gasteiger charge is 1.94. The Balaban J connectivity index is 3.89. The van der Waals surface area contributed by atoms with Gasteiger partial charge in [0.15, 0.2) is 0 Å². The van der Waals surface area contributed by atoms with Gasteiger partial charge < -0.3 is 5.32 Å². The molecular formula is C8H17N3. The topological polar surface area (TPSA) is 41.3 Å². The van der Waals surface area contributed by atoms with Gasteiger partial charge in [-0.2, -0.15) is 0 Å². The summed E-state index contributed by atoms with van der Waals surface area (Å²) in [6, 6.07) is 0. The van der Waals surface area contributed by atoms with Crippen LogP contribution < -0.4 is 11.2 Å². The zero-order valence-corrected chi connectivity index (χ0v) is 7.30. The molecule has 0 aromatic carbocycles. The van der Waals surface area contributed by atoms with E-state index in [2.05, 4.69) is 18.8 Å². The summed E-state index contributed by atoms with van der Waals surface area (Å²) < 4.78 is 0. The summed E-state index contributed by atoms with van der Waals surface area (Å²) in [6.07, 6.45) is 4.64. The number of hydrazine groups is 1. The van der Waals surface area contributed by atoms with Crippen LogP contribution in [0.5, 0.6) is 0 Å². The summed E-state index contributed by atoms with van der Waals surface area (Å²) in [4.78, 5) is 0. The molecule has 0 unspecified atom stereocenters. The molecule has 0 heterocycles. The third-order valence-electron chi connectivity index (χ3n) is 1.21. The van der Waals surface area contributed by atoms with E-state index in [4.69, 9.17) is 5.84 Å². The molecule has 0 aliphatic carbocycles. The van der Waals surface area contributed by atoms with Crippen molar-refractivity contribution in [3.8, 4) is 0 Å². The lowest BCUT2D eigenvalue weighted by Gasteiger charge is -2.17. The summed E-state index contributed by atoms with van der Waals surface area (Å²) >= 11 is 0. The van der Waals surface area contributed by atoms with E-state index >= 15 is 0 Å². The van der Waals surface area contributed by atoms with Crippen LogP contribution in [-0.2, 0) is 0 Å². The molecular weight excluding hydrogens is 138 g/mol. The lowest BCUT2D eigenvalue weighted by Crippen LogP contribution is -2.33. The van der Waals surface area contributed by atoms with Gasteiger partial charge in [-0.05, 0) is 12.5 Å². The number of hydrogen-bond donors (Lipinski definition) is 2. The summed E-state index contributed by atoms with van der Waals surface area (Å²) in [7, 11) is 1.79. The Bertz CT molecular complexity index is 138. The Labute approximate surface area is 68.5 Å². The fraction of sp³-hybridized carbons (Fsp3) is 0.500. The molecule has 0 saturated heterocycles. The number of allylic oxidation sites excluding steroid dienone is 2. The van der Waals surface area contributed by atoms with Crippen LogP contribution in [0.4, 0.5) is 0 Å². The molecule has 0 aliphatic heterocycles. The Kier molecular flexibility index (Phi) is 5.29. The molecule has 3 heteroatoms. The van der Waals surface area contributed by atoms with Crippen molar-refractivity contribution in [1.29, 1.82) is 0 Å². The minimum atomic E-state index is 0.891. The van der Waals surface area contributed by atoms with Crippen LogP contribution >= 0.6 is 0 Å². The van der Waals surface area contributed by atoms with E-state index in [9.17, 15) is 0 Å². The second kappa shape index (κ2) is 5.80. The molecule has 0 aromatic rings. The smallest absolute Gasteiger partial charge is 0.115 e. The molecule has 3 nitrogen and oxygen atoms in total. The first-order valence-electron chi connectivity index (χ1n) is 3.77. The van der Waals surface area contributed by atoms with Crippen molar-refractivity contribution >= 4 is 0 Å². The summed E-state index contributed by atoms with van der Waals surface area (Å²) in [5.41, 5.74) is 0. The minimum Gasteiger partial charge on any atom is -0.371 e. The lowest BCUT2D eigenvalue weighted by molar-refractivity contribution is 0.401. The van der Waals surface area contributed by atoms with E-state index in [1.165, 1.54) is 5.01 Å². The molecule has 0 rings (SSSR count). The maximum Gasteiger partial charge on any atom is 0.115 e. The van der Waals surface area contributed by atoms with E-state index < -0.39 is 0 Å². The van der Waals surface area contributed by atoms with Crippen molar-refractivity contribution in [3.63, 3.8) is 0 Å². The summed E-state index contributed by atoms with van der Waals surface area (Å²) in [6.45, 7) is 6.63. The highest BCUT2D eigenvalue weighted by atomic mass is 15.4. The molecule has 0 amide bonds. The Morgan fingerprint density at radius 3 is 2.73 bits per heavy atom. The Morgan fingerprint density at radius 1 is 1.73 bits per heavy atom. The number of nitrogens with zero attached hydrogens (tertiary/aromatic N) is 1.